The molecule has 10 heteroatoms. The Balaban J connectivity index is 1.56. The number of hydrogen-bond donors (Lipinski definition) is 0. The molecule has 4 aromatic rings. The van der Waals surface area contributed by atoms with Gasteiger partial charge < -0.3 is 19.1 Å². The number of esters is 1. The fraction of sp³-hybridized carbons (Fsp3) is 0.265. The van der Waals surface area contributed by atoms with Crippen LogP contribution < -0.4 is 29.3 Å². The molecule has 0 spiro atoms. The van der Waals surface area contributed by atoms with E-state index in [1.807, 2.05) is 92.6 Å². The normalized spacial score (nSPS) is 14.6. The third-order valence-electron chi connectivity index (χ3n) is 7.15. The maximum absolute atomic E-state index is 14.0. The Bertz CT molecular complexity index is 1890. The number of anilines is 1. The molecule has 0 saturated heterocycles. The molecule has 44 heavy (non-hydrogen) atoms. The average Bonchev–Trinajstić information content (AvgIpc) is 3.30. The number of carbonyl (C=O) groups excluding carboxylic acids is 1. The molecule has 1 aromatic heterocycles. The van der Waals surface area contributed by atoms with Crippen molar-refractivity contribution in [2.75, 3.05) is 32.2 Å². The summed E-state index contributed by atoms with van der Waals surface area (Å²) in [4.78, 5) is 34.4. The van der Waals surface area contributed by atoms with Gasteiger partial charge in [0.1, 0.15) is 6.61 Å². The van der Waals surface area contributed by atoms with Gasteiger partial charge in [0.2, 0.25) is 0 Å². The minimum atomic E-state index is -0.678. The number of rotatable bonds is 10. The minimum absolute atomic E-state index is 0.215. The second-order valence-electron chi connectivity index (χ2n) is 10.3. The van der Waals surface area contributed by atoms with Crippen LogP contribution in [-0.2, 0) is 16.1 Å². The Labute approximate surface area is 265 Å². The van der Waals surface area contributed by atoms with E-state index in [-0.39, 0.29) is 18.8 Å². The first-order chi connectivity index (χ1) is 21.2. The lowest BCUT2D eigenvalue weighted by Crippen LogP contribution is -2.39. The van der Waals surface area contributed by atoms with Crippen LogP contribution in [0.3, 0.4) is 0 Å². The van der Waals surface area contributed by atoms with Crippen LogP contribution in [0.2, 0.25) is 5.02 Å². The Morgan fingerprint density at radius 1 is 1.02 bits per heavy atom. The highest BCUT2D eigenvalue weighted by Crippen LogP contribution is 2.32. The summed E-state index contributed by atoms with van der Waals surface area (Å²) in [5.74, 6) is 0.639. The first-order valence-electron chi connectivity index (χ1n) is 14.3. The summed E-state index contributed by atoms with van der Waals surface area (Å²) in [5.41, 5.74) is 4.05. The molecule has 0 fully saturated rings. The zero-order valence-corrected chi connectivity index (χ0v) is 26.9. The van der Waals surface area contributed by atoms with Gasteiger partial charge in [-0.25, -0.2) is 9.79 Å². The van der Waals surface area contributed by atoms with E-state index in [2.05, 4.69) is 4.99 Å². The zero-order chi connectivity index (χ0) is 31.4. The maximum Gasteiger partial charge on any atom is 0.338 e. The van der Waals surface area contributed by atoms with Gasteiger partial charge in [-0.15, -0.1) is 0 Å². The summed E-state index contributed by atoms with van der Waals surface area (Å²) < 4.78 is 19.4. The smallest absolute Gasteiger partial charge is 0.338 e. The predicted octanol–water partition coefficient (Wildman–Crippen LogP) is 5.50. The predicted molar refractivity (Wildman–Crippen MR) is 175 cm³/mol. The molecule has 1 aliphatic rings. The van der Waals surface area contributed by atoms with Gasteiger partial charge in [0.15, 0.2) is 16.3 Å². The van der Waals surface area contributed by atoms with Gasteiger partial charge in [0.05, 0.1) is 35.1 Å². The Morgan fingerprint density at radius 2 is 1.77 bits per heavy atom. The molecule has 0 amide bonds. The van der Waals surface area contributed by atoms with Crippen LogP contribution in [0.1, 0.15) is 43.5 Å². The van der Waals surface area contributed by atoms with Crippen molar-refractivity contribution in [3.8, 4) is 11.5 Å². The van der Waals surface area contributed by atoms with E-state index < -0.39 is 12.0 Å². The van der Waals surface area contributed by atoms with Gasteiger partial charge in [-0.1, -0.05) is 59.3 Å². The lowest BCUT2D eigenvalue weighted by atomic mass is 9.95. The van der Waals surface area contributed by atoms with Gasteiger partial charge in [0.25, 0.3) is 5.56 Å². The number of benzene rings is 3. The van der Waals surface area contributed by atoms with Crippen molar-refractivity contribution in [3.63, 3.8) is 0 Å². The van der Waals surface area contributed by atoms with Gasteiger partial charge in [-0.05, 0) is 68.3 Å². The fourth-order valence-electron chi connectivity index (χ4n) is 4.99. The van der Waals surface area contributed by atoms with E-state index >= 15 is 0 Å². The lowest BCUT2D eigenvalue weighted by Gasteiger charge is -2.25. The van der Waals surface area contributed by atoms with Crippen LogP contribution in [0.15, 0.2) is 87.8 Å². The lowest BCUT2D eigenvalue weighted by molar-refractivity contribution is -0.139. The Hall–Kier alpha value is -4.34. The SMILES string of the molecule is CCOC(=O)C1=C(C)N=c2s/c(=C\c3ccc(OCc4ccccc4Cl)c(OCC)c3)c(=O)n2[C@@H]1c1ccc(N(C)C)cc1. The van der Waals surface area contributed by atoms with Crippen molar-refractivity contribution in [2.45, 2.75) is 33.4 Å². The summed E-state index contributed by atoms with van der Waals surface area (Å²) in [6.07, 6.45) is 1.81. The average molecular weight is 632 g/mol. The molecule has 0 N–H and O–H groups in total. The van der Waals surface area contributed by atoms with Crippen LogP contribution in [0, 0.1) is 0 Å². The largest absolute Gasteiger partial charge is 0.490 e. The number of thiazole rings is 1. The van der Waals surface area contributed by atoms with Crippen LogP contribution in [0.25, 0.3) is 6.08 Å². The summed E-state index contributed by atoms with van der Waals surface area (Å²) in [6.45, 7) is 6.38. The van der Waals surface area contributed by atoms with E-state index in [1.165, 1.54) is 11.3 Å². The van der Waals surface area contributed by atoms with Gasteiger partial charge >= 0.3 is 5.97 Å². The summed E-state index contributed by atoms with van der Waals surface area (Å²) >= 11 is 7.57. The third-order valence-corrected chi connectivity index (χ3v) is 8.50. The van der Waals surface area contributed by atoms with Gasteiger partial charge in [0, 0.05) is 30.4 Å². The van der Waals surface area contributed by atoms with Gasteiger partial charge in [-0.2, -0.15) is 0 Å². The van der Waals surface area contributed by atoms with Crippen molar-refractivity contribution in [1.82, 2.24) is 4.57 Å². The number of hydrogen-bond acceptors (Lipinski definition) is 8. The van der Waals surface area contributed by atoms with Crippen molar-refractivity contribution < 1.29 is 19.0 Å². The first kappa shape index (κ1) is 31.1. The summed E-state index contributed by atoms with van der Waals surface area (Å²) in [5, 5.41) is 0.630. The standard InChI is InChI=1S/C34H34ClN3O5S/c1-6-41-28-18-22(12-17-27(28)43-20-24-10-8-9-11-26(24)35)19-29-32(39)38-31(23-13-15-25(16-14-23)37(4)5)30(33(40)42-7-2)21(3)36-34(38)44-29/h8-19,31H,6-7,20H2,1-5H3/b29-19-/t31-/m1/s1. The molecule has 0 unspecified atom stereocenters. The quantitative estimate of drug-likeness (QED) is 0.215. The molecule has 8 nitrogen and oxygen atoms in total. The molecular formula is C34H34ClN3O5S. The monoisotopic (exact) mass is 631 g/mol. The highest BCUT2D eigenvalue weighted by molar-refractivity contribution is 7.07. The highest BCUT2D eigenvalue weighted by atomic mass is 35.5. The molecule has 5 rings (SSSR count). The number of aromatic nitrogens is 1. The Kier molecular flexibility index (Phi) is 9.56. The maximum atomic E-state index is 14.0. The van der Waals surface area contributed by atoms with E-state index in [4.69, 9.17) is 25.8 Å². The molecule has 3 aromatic carbocycles. The van der Waals surface area contributed by atoms with E-state index in [0.717, 1.165) is 22.4 Å². The van der Waals surface area contributed by atoms with Crippen LogP contribution >= 0.6 is 22.9 Å². The molecule has 228 valence electrons. The van der Waals surface area contributed by atoms with Crippen LogP contribution in [-0.4, -0.2) is 37.8 Å². The van der Waals surface area contributed by atoms with E-state index in [0.29, 0.717) is 43.7 Å². The number of ether oxygens (including phenoxy) is 3. The third kappa shape index (κ3) is 6.44. The second kappa shape index (κ2) is 13.5. The molecule has 2 heterocycles. The molecule has 1 atom stereocenters. The Morgan fingerprint density at radius 3 is 2.45 bits per heavy atom. The summed E-state index contributed by atoms with van der Waals surface area (Å²) in [6, 6.07) is 20.2. The fourth-order valence-corrected chi connectivity index (χ4v) is 6.22. The van der Waals surface area contributed by atoms with E-state index in [9.17, 15) is 9.59 Å². The highest BCUT2D eigenvalue weighted by Gasteiger charge is 2.33. The topological polar surface area (TPSA) is 82.4 Å². The van der Waals surface area contributed by atoms with Crippen molar-refractivity contribution >= 4 is 40.7 Å². The van der Waals surface area contributed by atoms with Crippen LogP contribution in [0.5, 0.6) is 11.5 Å². The second-order valence-corrected chi connectivity index (χ2v) is 11.7. The molecule has 1 aliphatic heterocycles. The van der Waals surface area contributed by atoms with Crippen molar-refractivity contribution in [3.05, 3.63) is 119 Å². The number of carbonyl (C=O) groups is 1. The number of allylic oxidation sites excluding steroid dienone is 1. The number of halogens is 1. The number of fused-ring (bicyclic) bond motifs is 1. The molecule has 0 saturated carbocycles. The minimum Gasteiger partial charge on any atom is -0.490 e. The molecule has 0 aliphatic carbocycles. The molecule has 0 radical (unpaired) electrons. The number of nitrogens with zero attached hydrogens (tertiary/aromatic N) is 3. The summed E-state index contributed by atoms with van der Waals surface area (Å²) in [7, 11) is 3.92. The first-order valence-corrected chi connectivity index (χ1v) is 15.5. The van der Waals surface area contributed by atoms with Crippen LogP contribution in [0.4, 0.5) is 5.69 Å². The van der Waals surface area contributed by atoms with Gasteiger partial charge in [-0.3, -0.25) is 9.36 Å². The molecule has 0 bridgehead atoms. The molecular weight excluding hydrogens is 598 g/mol. The van der Waals surface area contributed by atoms with Crippen molar-refractivity contribution in [2.24, 2.45) is 4.99 Å². The van der Waals surface area contributed by atoms with Crippen molar-refractivity contribution in [1.29, 1.82) is 0 Å². The zero-order valence-electron chi connectivity index (χ0n) is 25.3. The van der Waals surface area contributed by atoms with E-state index in [1.54, 1.807) is 24.5 Å².